The Morgan fingerprint density at radius 2 is 1.83 bits per heavy atom. The molecule has 1 aromatic heterocycles. The number of halogens is 3. The molecule has 0 unspecified atom stereocenters. The zero-order valence-electron chi connectivity index (χ0n) is 16.1. The van der Waals surface area contributed by atoms with Crippen LogP contribution in [0.15, 0.2) is 48.5 Å². The van der Waals surface area contributed by atoms with Gasteiger partial charge < -0.3 is 9.47 Å². The lowest BCUT2D eigenvalue weighted by Crippen LogP contribution is -2.39. The molecule has 0 aliphatic carbocycles. The van der Waals surface area contributed by atoms with E-state index in [1.54, 1.807) is 35.2 Å². The number of carbonyl (C=O) groups is 1. The normalized spacial score (nSPS) is 15.8. The minimum atomic E-state index is -4.50. The molecule has 1 saturated heterocycles. The number of hydrogen-bond acceptors (Lipinski definition) is 2. The summed E-state index contributed by atoms with van der Waals surface area (Å²) >= 11 is 0. The molecule has 1 fully saturated rings. The number of alkyl halides is 3. The summed E-state index contributed by atoms with van der Waals surface area (Å²) in [6, 6.07) is 14.2. The Balaban J connectivity index is 1.48. The molecule has 0 radical (unpaired) electrons. The topological polar surface area (TPSA) is 38.1 Å². The standard InChI is InChI=1S/C22H22F3N3O/c1-15-5-4-6-17(13-15)20(29)27-11-9-16(10-12-27)14-28-19-8-3-2-7-18(19)26-21(28)22(23,24)25/h2-8,13,16H,9-12,14H2,1H3. The van der Waals surface area contributed by atoms with Crippen LogP contribution in [-0.4, -0.2) is 33.4 Å². The number of hydrogen-bond donors (Lipinski definition) is 0. The lowest BCUT2D eigenvalue weighted by molar-refractivity contribution is -0.147. The van der Waals surface area contributed by atoms with Crippen molar-refractivity contribution in [1.29, 1.82) is 0 Å². The Bertz CT molecular complexity index is 1030. The fraction of sp³-hybridized carbons (Fsp3) is 0.364. The van der Waals surface area contributed by atoms with Crippen LogP contribution in [0.25, 0.3) is 11.0 Å². The molecule has 4 nitrogen and oxygen atoms in total. The maximum Gasteiger partial charge on any atom is 0.449 e. The number of benzene rings is 2. The third-order valence-corrected chi connectivity index (χ3v) is 5.52. The number of amides is 1. The molecule has 1 aliphatic heterocycles. The molecule has 0 spiro atoms. The lowest BCUT2D eigenvalue weighted by Gasteiger charge is -2.32. The first-order valence-corrected chi connectivity index (χ1v) is 9.71. The molecule has 152 valence electrons. The van der Waals surface area contributed by atoms with E-state index in [-0.39, 0.29) is 18.4 Å². The van der Waals surface area contributed by atoms with Gasteiger partial charge in [-0.3, -0.25) is 4.79 Å². The van der Waals surface area contributed by atoms with Crippen LogP contribution in [0.4, 0.5) is 13.2 Å². The molecule has 4 rings (SSSR count). The van der Waals surface area contributed by atoms with Gasteiger partial charge in [0, 0.05) is 25.2 Å². The summed E-state index contributed by atoms with van der Waals surface area (Å²) in [7, 11) is 0. The van der Waals surface area contributed by atoms with Crippen LogP contribution in [0.3, 0.4) is 0 Å². The first kappa shape index (κ1) is 19.5. The molecular formula is C22H22F3N3O. The third-order valence-electron chi connectivity index (χ3n) is 5.52. The molecule has 1 amide bonds. The number of rotatable bonds is 3. The van der Waals surface area contributed by atoms with Crippen molar-refractivity contribution < 1.29 is 18.0 Å². The Kier molecular flexibility index (Phi) is 5.06. The van der Waals surface area contributed by atoms with E-state index in [1.165, 1.54) is 4.57 Å². The summed E-state index contributed by atoms with van der Waals surface area (Å²) in [6.45, 7) is 3.29. The minimum absolute atomic E-state index is 0.0174. The first-order chi connectivity index (χ1) is 13.8. The Labute approximate surface area is 167 Å². The van der Waals surface area contributed by atoms with Gasteiger partial charge in [0.2, 0.25) is 5.82 Å². The van der Waals surface area contributed by atoms with Crippen LogP contribution in [0.5, 0.6) is 0 Å². The molecule has 0 saturated carbocycles. The molecule has 0 atom stereocenters. The van der Waals surface area contributed by atoms with E-state index in [4.69, 9.17) is 0 Å². The van der Waals surface area contributed by atoms with Crippen molar-refractivity contribution in [3.8, 4) is 0 Å². The number of fused-ring (bicyclic) bond motifs is 1. The molecule has 7 heteroatoms. The van der Waals surface area contributed by atoms with Crippen molar-refractivity contribution >= 4 is 16.9 Å². The van der Waals surface area contributed by atoms with Crippen molar-refractivity contribution in [2.45, 2.75) is 32.5 Å². The second-order valence-corrected chi connectivity index (χ2v) is 7.64. The molecule has 3 aromatic rings. The fourth-order valence-corrected chi connectivity index (χ4v) is 4.01. The van der Waals surface area contributed by atoms with E-state index in [1.807, 2.05) is 25.1 Å². The molecule has 0 bridgehead atoms. The van der Waals surface area contributed by atoms with Gasteiger partial charge in [0.15, 0.2) is 0 Å². The van der Waals surface area contributed by atoms with Crippen LogP contribution >= 0.6 is 0 Å². The smallest absolute Gasteiger partial charge is 0.339 e. The Morgan fingerprint density at radius 3 is 2.52 bits per heavy atom. The number of piperidine rings is 1. The van der Waals surface area contributed by atoms with Gasteiger partial charge in [0.1, 0.15) is 0 Å². The monoisotopic (exact) mass is 401 g/mol. The van der Waals surface area contributed by atoms with E-state index in [9.17, 15) is 18.0 Å². The molecule has 0 N–H and O–H groups in total. The van der Waals surface area contributed by atoms with Crippen LogP contribution in [-0.2, 0) is 12.7 Å². The largest absolute Gasteiger partial charge is 0.449 e. The van der Waals surface area contributed by atoms with Gasteiger partial charge in [-0.2, -0.15) is 13.2 Å². The zero-order chi connectivity index (χ0) is 20.6. The average molecular weight is 401 g/mol. The lowest BCUT2D eigenvalue weighted by atomic mass is 9.96. The van der Waals surface area contributed by atoms with Gasteiger partial charge in [0.05, 0.1) is 11.0 Å². The highest BCUT2D eigenvalue weighted by Gasteiger charge is 2.38. The average Bonchev–Trinajstić information content (AvgIpc) is 3.07. The number of carbonyl (C=O) groups excluding carboxylic acids is 1. The quantitative estimate of drug-likeness (QED) is 0.625. The zero-order valence-corrected chi connectivity index (χ0v) is 16.1. The maximum absolute atomic E-state index is 13.5. The summed E-state index contributed by atoms with van der Waals surface area (Å²) in [4.78, 5) is 18.3. The highest BCUT2D eigenvalue weighted by molar-refractivity contribution is 5.94. The third kappa shape index (κ3) is 3.99. The van der Waals surface area contributed by atoms with Crippen molar-refractivity contribution in [1.82, 2.24) is 14.5 Å². The SMILES string of the molecule is Cc1cccc(C(=O)N2CCC(Cn3c(C(F)(F)F)nc4ccccc43)CC2)c1. The molecular weight excluding hydrogens is 379 g/mol. The van der Waals surface area contributed by atoms with Gasteiger partial charge in [-0.25, -0.2) is 4.98 Å². The van der Waals surface area contributed by atoms with E-state index in [2.05, 4.69) is 4.98 Å². The fourth-order valence-electron chi connectivity index (χ4n) is 4.01. The van der Waals surface area contributed by atoms with Crippen LogP contribution < -0.4 is 0 Å². The maximum atomic E-state index is 13.5. The highest BCUT2D eigenvalue weighted by atomic mass is 19.4. The minimum Gasteiger partial charge on any atom is -0.339 e. The predicted octanol–water partition coefficient (Wildman–Crippen LogP) is 4.92. The predicted molar refractivity (Wildman–Crippen MR) is 105 cm³/mol. The van der Waals surface area contributed by atoms with Crippen molar-refractivity contribution in [2.75, 3.05) is 13.1 Å². The van der Waals surface area contributed by atoms with Crippen molar-refractivity contribution in [3.63, 3.8) is 0 Å². The van der Waals surface area contributed by atoms with E-state index in [0.717, 1.165) is 5.56 Å². The van der Waals surface area contributed by atoms with Gasteiger partial charge >= 0.3 is 6.18 Å². The van der Waals surface area contributed by atoms with Crippen LogP contribution in [0.1, 0.15) is 34.6 Å². The Morgan fingerprint density at radius 1 is 1.10 bits per heavy atom. The summed E-state index contributed by atoms with van der Waals surface area (Å²) in [5.41, 5.74) is 2.53. The van der Waals surface area contributed by atoms with Crippen LogP contribution in [0.2, 0.25) is 0 Å². The number of aryl methyl sites for hydroxylation is 1. The summed E-state index contributed by atoms with van der Waals surface area (Å²) in [5.74, 6) is -0.802. The number of aromatic nitrogens is 2. The highest BCUT2D eigenvalue weighted by Crippen LogP contribution is 2.33. The van der Waals surface area contributed by atoms with E-state index >= 15 is 0 Å². The van der Waals surface area contributed by atoms with Crippen molar-refractivity contribution in [2.24, 2.45) is 5.92 Å². The Hall–Kier alpha value is -2.83. The molecule has 2 aromatic carbocycles. The van der Waals surface area contributed by atoms with E-state index < -0.39 is 12.0 Å². The summed E-state index contributed by atoms with van der Waals surface area (Å²) in [6.07, 6.45) is -3.16. The second kappa shape index (κ2) is 7.54. The number of para-hydroxylation sites is 2. The van der Waals surface area contributed by atoms with Gasteiger partial charge in [-0.05, 0) is 49.9 Å². The number of imidazole rings is 1. The van der Waals surface area contributed by atoms with Gasteiger partial charge in [-0.1, -0.05) is 29.8 Å². The van der Waals surface area contributed by atoms with Crippen LogP contribution in [0, 0.1) is 12.8 Å². The molecule has 29 heavy (non-hydrogen) atoms. The van der Waals surface area contributed by atoms with Gasteiger partial charge in [0.25, 0.3) is 5.91 Å². The van der Waals surface area contributed by atoms with E-state index in [0.29, 0.717) is 42.5 Å². The number of nitrogens with zero attached hydrogens (tertiary/aromatic N) is 3. The van der Waals surface area contributed by atoms with Gasteiger partial charge in [-0.15, -0.1) is 0 Å². The van der Waals surface area contributed by atoms with Crippen molar-refractivity contribution in [3.05, 3.63) is 65.5 Å². The summed E-state index contributed by atoms with van der Waals surface area (Å²) in [5, 5.41) is 0. The molecule has 1 aliphatic rings. The first-order valence-electron chi connectivity index (χ1n) is 9.71. The second-order valence-electron chi connectivity index (χ2n) is 7.64. The summed E-state index contributed by atoms with van der Waals surface area (Å²) < 4.78 is 41.8. The molecule has 2 heterocycles. The number of likely N-dealkylation sites (tertiary alicyclic amines) is 1.